The van der Waals surface area contributed by atoms with Crippen molar-refractivity contribution in [1.29, 1.82) is 0 Å². The quantitative estimate of drug-likeness (QED) is 0.526. The smallest absolute Gasteiger partial charge is 0.264 e. The third kappa shape index (κ3) is 11.8. The summed E-state index contributed by atoms with van der Waals surface area (Å²) in [6, 6.07) is 0. The first-order valence-corrected chi connectivity index (χ1v) is 3.54. The summed E-state index contributed by atoms with van der Waals surface area (Å²) in [5.74, 6) is 0. The van der Waals surface area contributed by atoms with Crippen molar-refractivity contribution < 1.29 is 34.2 Å². The fourth-order valence-electron chi connectivity index (χ4n) is 0.189. The van der Waals surface area contributed by atoms with E-state index in [1.165, 1.54) is 0 Å². The molecule has 0 aromatic rings. The molecule has 0 aliphatic carbocycles. The van der Waals surface area contributed by atoms with Crippen LogP contribution >= 0.6 is 0 Å². The number of hydrogen-bond donors (Lipinski definition) is 1. The molecule has 0 unspecified atom stereocenters. The minimum absolute atomic E-state index is 0. The maximum Gasteiger partial charge on any atom is 0.397 e. The van der Waals surface area contributed by atoms with Crippen molar-refractivity contribution in [3.63, 3.8) is 0 Å². The van der Waals surface area contributed by atoms with Crippen molar-refractivity contribution >= 4 is 10.4 Å². The Labute approximate surface area is 65.0 Å². The molecule has 0 saturated carbocycles. The Hall–Kier alpha value is 0.389. The molecule has 4 nitrogen and oxygen atoms in total. The standard InChI is InChI=1S/C3H8O4S.Cu/c1-2-3-7-8(4,5)6;/h2-3H2,1H3,(H,4,5,6);. The van der Waals surface area contributed by atoms with Gasteiger partial charge >= 0.3 is 10.4 Å². The molecule has 0 spiro atoms. The van der Waals surface area contributed by atoms with Gasteiger partial charge in [-0.15, -0.1) is 0 Å². The van der Waals surface area contributed by atoms with E-state index in [1.54, 1.807) is 6.92 Å². The predicted molar refractivity (Wildman–Crippen MR) is 27.8 cm³/mol. The van der Waals surface area contributed by atoms with Crippen LogP contribution in [0.2, 0.25) is 0 Å². The summed E-state index contributed by atoms with van der Waals surface area (Å²) in [6.45, 7) is 1.78. The number of rotatable bonds is 3. The van der Waals surface area contributed by atoms with Crippen LogP contribution < -0.4 is 0 Å². The molecule has 0 atom stereocenters. The molecule has 0 aliphatic heterocycles. The molecule has 0 saturated heterocycles. The minimum Gasteiger partial charge on any atom is -0.264 e. The molecule has 0 aromatic heterocycles. The Morgan fingerprint density at radius 2 is 2.00 bits per heavy atom. The second kappa shape index (κ2) is 5.20. The molecule has 0 bridgehead atoms. The molecule has 0 rings (SSSR count). The monoisotopic (exact) mass is 203 g/mol. The van der Waals surface area contributed by atoms with E-state index in [1.807, 2.05) is 0 Å². The molecular weight excluding hydrogens is 196 g/mol. The van der Waals surface area contributed by atoms with Crippen LogP contribution in [0.5, 0.6) is 0 Å². The van der Waals surface area contributed by atoms with E-state index in [0.717, 1.165) is 0 Å². The molecule has 0 aliphatic rings. The Kier molecular flexibility index (Phi) is 6.99. The van der Waals surface area contributed by atoms with Gasteiger partial charge in [-0.2, -0.15) is 8.42 Å². The SMILES string of the molecule is CCCOS(=O)(=O)O.[Cu]. The first-order valence-electron chi connectivity index (χ1n) is 2.18. The summed E-state index contributed by atoms with van der Waals surface area (Å²) in [7, 11) is -4.19. The summed E-state index contributed by atoms with van der Waals surface area (Å²) < 4.78 is 31.3. The first kappa shape index (κ1) is 12.1. The van der Waals surface area contributed by atoms with Crippen molar-refractivity contribution in [2.24, 2.45) is 0 Å². The van der Waals surface area contributed by atoms with Crippen LogP contribution in [0.25, 0.3) is 0 Å². The molecule has 0 fully saturated rings. The van der Waals surface area contributed by atoms with E-state index in [0.29, 0.717) is 6.42 Å². The van der Waals surface area contributed by atoms with Crippen molar-refractivity contribution in [3.8, 4) is 0 Å². The Balaban J connectivity index is 0. The fraction of sp³-hybridized carbons (Fsp3) is 1.00. The van der Waals surface area contributed by atoms with Gasteiger partial charge in [-0.1, -0.05) is 6.92 Å². The van der Waals surface area contributed by atoms with Gasteiger partial charge < -0.3 is 0 Å². The molecule has 61 valence electrons. The van der Waals surface area contributed by atoms with Gasteiger partial charge in [-0.3, -0.25) is 4.55 Å². The third-order valence-corrected chi connectivity index (χ3v) is 0.901. The molecule has 1 radical (unpaired) electrons. The molecule has 6 heteroatoms. The van der Waals surface area contributed by atoms with Crippen molar-refractivity contribution in [2.75, 3.05) is 6.61 Å². The summed E-state index contributed by atoms with van der Waals surface area (Å²) >= 11 is 0. The topological polar surface area (TPSA) is 63.6 Å². The van der Waals surface area contributed by atoms with Crippen LogP contribution in [-0.2, 0) is 31.7 Å². The van der Waals surface area contributed by atoms with Gasteiger partial charge in [0.15, 0.2) is 0 Å². The van der Waals surface area contributed by atoms with Gasteiger partial charge in [0.2, 0.25) is 0 Å². The fourth-order valence-corrected chi connectivity index (χ4v) is 0.566. The average Bonchev–Trinajstić information content (AvgIpc) is 1.59. The van der Waals surface area contributed by atoms with E-state index < -0.39 is 10.4 Å². The molecule has 0 heterocycles. The van der Waals surface area contributed by atoms with Crippen LogP contribution in [0.15, 0.2) is 0 Å². The average molecular weight is 204 g/mol. The second-order valence-corrected chi connectivity index (χ2v) is 2.34. The Morgan fingerprint density at radius 3 is 2.11 bits per heavy atom. The van der Waals surface area contributed by atoms with Gasteiger partial charge in [-0.25, -0.2) is 4.18 Å². The van der Waals surface area contributed by atoms with Crippen molar-refractivity contribution in [2.45, 2.75) is 13.3 Å². The zero-order valence-electron chi connectivity index (χ0n) is 4.80. The van der Waals surface area contributed by atoms with E-state index in [-0.39, 0.29) is 23.7 Å². The van der Waals surface area contributed by atoms with Gasteiger partial charge in [0.25, 0.3) is 0 Å². The molecule has 0 amide bonds. The molecule has 1 N–H and O–H groups in total. The van der Waals surface area contributed by atoms with Crippen molar-refractivity contribution in [1.82, 2.24) is 0 Å². The summed E-state index contributed by atoms with van der Waals surface area (Å²) in [6.07, 6.45) is 0.569. The van der Waals surface area contributed by atoms with Crippen LogP contribution in [0, 0.1) is 0 Å². The molecular formula is C3H8CuO4S. The van der Waals surface area contributed by atoms with Crippen molar-refractivity contribution in [3.05, 3.63) is 0 Å². The summed E-state index contributed by atoms with van der Waals surface area (Å²) in [5.41, 5.74) is 0. The normalized spacial score (nSPS) is 10.4. The largest absolute Gasteiger partial charge is 0.397 e. The van der Waals surface area contributed by atoms with Gasteiger partial charge in [-0.05, 0) is 6.42 Å². The maximum atomic E-state index is 9.72. The van der Waals surface area contributed by atoms with Crippen LogP contribution in [0.4, 0.5) is 0 Å². The van der Waals surface area contributed by atoms with Gasteiger partial charge in [0.1, 0.15) is 0 Å². The third-order valence-electron chi connectivity index (χ3n) is 0.436. The second-order valence-electron chi connectivity index (χ2n) is 1.25. The Morgan fingerprint density at radius 1 is 1.56 bits per heavy atom. The van der Waals surface area contributed by atoms with Crippen LogP contribution in [0.1, 0.15) is 13.3 Å². The van der Waals surface area contributed by atoms with E-state index in [2.05, 4.69) is 4.18 Å². The zero-order chi connectivity index (χ0) is 6.62. The maximum absolute atomic E-state index is 9.72. The summed E-state index contributed by atoms with van der Waals surface area (Å²) in [5, 5.41) is 0. The zero-order valence-corrected chi connectivity index (χ0v) is 6.55. The summed E-state index contributed by atoms with van der Waals surface area (Å²) in [4.78, 5) is 0. The van der Waals surface area contributed by atoms with Gasteiger partial charge in [0.05, 0.1) is 6.61 Å². The van der Waals surface area contributed by atoms with Crippen LogP contribution in [0.3, 0.4) is 0 Å². The van der Waals surface area contributed by atoms with E-state index in [9.17, 15) is 8.42 Å². The number of hydrogen-bond acceptors (Lipinski definition) is 3. The van der Waals surface area contributed by atoms with Crippen LogP contribution in [-0.4, -0.2) is 19.6 Å². The first-order chi connectivity index (χ1) is 3.56. The van der Waals surface area contributed by atoms with E-state index >= 15 is 0 Å². The minimum atomic E-state index is -4.19. The molecule has 9 heavy (non-hydrogen) atoms. The molecule has 0 aromatic carbocycles. The predicted octanol–water partition coefficient (Wildman–Crippen LogP) is 0.213. The Bertz CT molecular complexity index is 140. The van der Waals surface area contributed by atoms with E-state index in [4.69, 9.17) is 4.55 Å². The van der Waals surface area contributed by atoms with Gasteiger partial charge in [0, 0.05) is 17.1 Å².